The molecule has 1 unspecified atom stereocenters. The molecule has 192 valence electrons. The molecule has 0 bridgehead atoms. The molecule has 5 rings (SSSR count). The van der Waals surface area contributed by atoms with Gasteiger partial charge in [0, 0.05) is 36.2 Å². The molecule has 0 saturated carbocycles. The Kier molecular flexibility index (Phi) is 6.42. The Morgan fingerprint density at radius 1 is 1.32 bits per heavy atom. The number of nitrogens with zero attached hydrogens (tertiary/aromatic N) is 3. The molecule has 2 N–H and O–H groups in total. The van der Waals surface area contributed by atoms with Crippen molar-refractivity contribution in [1.82, 2.24) is 19.9 Å². The third-order valence-electron chi connectivity index (χ3n) is 6.12. The molecule has 13 heteroatoms. The maximum absolute atomic E-state index is 12.3. The number of pyridine rings is 1. The summed E-state index contributed by atoms with van der Waals surface area (Å²) in [6, 6.07) is 8.31. The van der Waals surface area contributed by atoms with Crippen LogP contribution in [0.4, 0.5) is 0 Å². The average Bonchev–Trinajstić information content (AvgIpc) is 3.50. The fourth-order valence-electron chi connectivity index (χ4n) is 4.28. The summed E-state index contributed by atoms with van der Waals surface area (Å²) in [7, 11) is -1.70. The molecule has 4 heterocycles. The van der Waals surface area contributed by atoms with Crippen molar-refractivity contribution in [3.05, 3.63) is 52.1 Å². The van der Waals surface area contributed by atoms with Crippen molar-refractivity contribution in [2.24, 2.45) is 0 Å². The van der Waals surface area contributed by atoms with E-state index in [-0.39, 0.29) is 23.4 Å². The smallest absolute Gasteiger partial charge is 0.309 e. The number of H-pyrrole nitrogens is 1. The van der Waals surface area contributed by atoms with E-state index in [9.17, 15) is 18.0 Å². The SMILES string of the molecule is CN1C(=O)CCC1c1cc2[nH]c(-c3nc(CC(=O)O)c(Cl)s3)cc2cc1Oc1ccc(S(C)(=O)=O)nc1. The molecular weight excluding hydrogens is 540 g/mol. The van der Waals surface area contributed by atoms with Gasteiger partial charge in [0.05, 0.1) is 30.0 Å². The van der Waals surface area contributed by atoms with Crippen LogP contribution < -0.4 is 4.74 Å². The van der Waals surface area contributed by atoms with Crippen molar-refractivity contribution in [1.29, 1.82) is 0 Å². The largest absolute Gasteiger partial charge is 0.481 e. The van der Waals surface area contributed by atoms with Gasteiger partial charge in [-0.1, -0.05) is 11.6 Å². The zero-order valence-electron chi connectivity index (χ0n) is 19.7. The summed E-state index contributed by atoms with van der Waals surface area (Å²) in [5, 5.41) is 10.4. The summed E-state index contributed by atoms with van der Waals surface area (Å²) in [5.41, 5.74) is 2.53. The number of carbonyl (C=O) groups is 2. The molecule has 1 fully saturated rings. The fourth-order valence-corrected chi connectivity index (χ4v) is 5.95. The molecule has 37 heavy (non-hydrogen) atoms. The van der Waals surface area contributed by atoms with Crippen LogP contribution in [0, 0.1) is 0 Å². The molecule has 0 radical (unpaired) electrons. The number of aromatic nitrogens is 3. The van der Waals surface area contributed by atoms with Gasteiger partial charge in [-0.05, 0) is 36.8 Å². The van der Waals surface area contributed by atoms with Crippen LogP contribution in [-0.4, -0.2) is 58.6 Å². The van der Waals surface area contributed by atoms with Crippen LogP contribution in [0.2, 0.25) is 4.34 Å². The van der Waals surface area contributed by atoms with Gasteiger partial charge in [0.25, 0.3) is 0 Å². The summed E-state index contributed by atoms with van der Waals surface area (Å²) in [6.07, 6.45) is 3.20. The molecule has 1 aromatic carbocycles. The van der Waals surface area contributed by atoms with E-state index < -0.39 is 15.8 Å². The van der Waals surface area contributed by atoms with Gasteiger partial charge < -0.3 is 19.7 Å². The third kappa shape index (κ3) is 5.04. The number of likely N-dealkylation sites (tertiary alicyclic amines) is 1. The highest BCUT2D eigenvalue weighted by molar-refractivity contribution is 7.90. The van der Waals surface area contributed by atoms with Crippen molar-refractivity contribution in [2.45, 2.75) is 30.3 Å². The Labute approximate surface area is 220 Å². The van der Waals surface area contributed by atoms with E-state index in [1.807, 2.05) is 18.2 Å². The maximum Gasteiger partial charge on any atom is 0.309 e. The topological polar surface area (TPSA) is 143 Å². The number of hydrogen-bond acceptors (Lipinski definition) is 8. The molecule has 0 spiro atoms. The fraction of sp³-hybridized carbons (Fsp3) is 0.250. The van der Waals surface area contributed by atoms with Gasteiger partial charge >= 0.3 is 5.97 Å². The van der Waals surface area contributed by atoms with E-state index in [0.717, 1.165) is 22.7 Å². The number of benzene rings is 1. The van der Waals surface area contributed by atoms with Crippen LogP contribution in [0.25, 0.3) is 21.6 Å². The van der Waals surface area contributed by atoms with Crippen molar-refractivity contribution < 1.29 is 27.9 Å². The zero-order valence-corrected chi connectivity index (χ0v) is 22.1. The molecule has 1 aliphatic rings. The Balaban J connectivity index is 1.56. The number of amides is 1. The van der Waals surface area contributed by atoms with Gasteiger partial charge in [0.15, 0.2) is 14.9 Å². The quantitative estimate of drug-likeness (QED) is 0.337. The molecule has 1 amide bonds. The summed E-state index contributed by atoms with van der Waals surface area (Å²) in [6.45, 7) is 0. The van der Waals surface area contributed by atoms with Crippen LogP contribution in [0.15, 0.2) is 41.6 Å². The van der Waals surface area contributed by atoms with E-state index in [1.54, 1.807) is 11.9 Å². The average molecular weight is 561 g/mol. The normalized spacial score (nSPS) is 16.0. The highest BCUT2D eigenvalue weighted by Crippen LogP contribution is 2.42. The maximum atomic E-state index is 12.3. The number of sulfone groups is 1. The van der Waals surface area contributed by atoms with E-state index in [2.05, 4.69) is 15.0 Å². The van der Waals surface area contributed by atoms with Crippen molar-refractivity contribution in [3.63, 3.8) is 0 Å². The van der Waals surface area contributed by atoms with E-state index in [4.69, 9.17) is 21.4 Å². The molecule has 1 saturated heterocycles. The minimum absolute atomic E-state index is 0.0331. The lowest BCUT2D eigenvalue weighted by atomic mass is 10.0. The highest BCUT2D eigenvalue weighted by Gasteiger charge is 2.32. The number of aliphatic carboxylic acids is 1. The van der Waals surface area contributed by atoms with E-state index in [0.29, 0.717) is 45.1 Å². The molecule has 10 nitrogen and oxygen atoms in total. The first kappa shape index (κ1) is 25.2. The standard InChI is InChI=1S/C24H21ClN4O6S2/c1-29-18(4-6-21(29)30)14-9-15-12(7-17(27-15)24-28-16(10-22(31)32)23(25)36-24)8-19(14)35-13-3-5-20(26-11-13)37(2,33)34/h3,5,7-9,11,18,27H,4,6,10H2,1-2H3,(H,31,32). The number of rotatable bonds is 7. The Morgan fingerprint density at radius 2 is 2.11 bits per heavy atom. The highest BCUT2D eigenvalue weighted by atomic mass is 35.5. The van der Waals surface area contributed by atoms with Gasteiger partial charge in [-0.15, -0.1) is 11.3 Å². The van der Waals surface area contributed by atoms with Crippen LogP contribution in [-0.2, 0) is 25.8 Å². The summed E-state index contributed by atoms with van der Waals surface area (Å²) < 4.78 is 30.0. The predicted molar refractivity (Wildman–Crippen MR) is 138 cm³/mol. The number of hydrogen-bond donors (Lipinski definition) is 2. The predicted octanol–water partition coefficient (Wildman–Crippen LogP) is 4.46. The number of nitrogens with one attached hydrogen (secondary N) is 1. The zero-order chi connectivity index (χ0) is 26.5. The van der Waals surface area contributed by atoms with Gasteiger partial charge in [-0.3, -0.25) is 9.59 Å². The first-order valence-electron chi connectivity index (χ1n) is 11.1. The molecular formula is C24H21ClN4O6S2. The molecule has 1 atom stereocenters. The van der Waals surface area contributed by atoms with E-state index >= 15 is 0 Å². The Bertz CT molecular complexity index is 1650. The summed E-state index contributed by atoms with van der Waals surface area (Å²) >= 11 is 7.39. The Morgan fingerprint density at radius 3 is 2.73 bits per heavy atom. The van der Waals surface area contributed by atoms with Gasteiger partial charge in [0.2, 0.25) is 5.91 Å². The molecule has 1 aliphatic heterocycles. The summed E-state index contributed by atoms with van der Waals surface area (Å²) in [4.78, 5) is 36.7. The first-order valence-corrected chi connectivity index (χ1v) is 14.2. The second-order valence-corrected chi connectivity index (χ2v) is 12.3. The number of carboxylic acids is 1. The second-order valence-electron chi connectivity index (χ2n) is 8.74. The minimum Gasteiger partial charge on any atom is -0.481 e. The van der Waals surface area contributed by atoms with Gasteiger partial charge in [-0.2, -0.15) is 0 Å². The Hall–Kier alpha value is -3.48. The molecule has 3 aromatic heterocycles. The molecule has 0 aliphatic carbocycles. The number of thiazole rings is 1. The van der Waals surface area contributed by atoms with E-state index in [1.165, 1.54) is 29.7 Å². The van der Waals surface area contributed by atoms with Gasteiger partial charge in [0.1, 0.15) is 20.8 Å². The van der Waals surface area contributed by atoms with Crippen LogP contribution in [0.1, 0.15) is 30.1 Å². The number of halogens is 1. The lowest BCUT2D eigenvalue weighted by Crippen LogP contribution is -2.22. The van der Waals surface area contributed by atoms with Crippen molar-refractivity contribution >= 4 is 55.6 Å². The lowest BCUT2D eigenvalue weighted by Gasteiger charge is -2.23. The van der Waals surface area contributed by atoms with Crippen LogP contribution in [0.5, 0.6) is 11.5 Å². The number of ether oxygens (including phenoxy) is 1. The molecule has 4 aromatic rings. The number of carbonyl (C=O) groups excluding carboxylic acids is 1. The number of aromatic amines is 1. The lowest BCUT2D eigenvalue weighted by molar-refractivity contribution is -0.136. The van der Waals surface area contributed by atoms with Crippen LogP contribution in [0.3, 0.4) is 0 Å². The van der Waals surface area contributed by atoms with Crippen LogP contribution >= 0.6 is 22.9 Å². The number of carboxylic acid groups (broad SMARTS) is 1. The minimum atomic E-state index is -3.45. The summed E-state index contributed by atoms with van der Waals surface area (Å²) in [5.74, 6) is -0.134. The van der Waals surface area contributed by atoms with Gasteiger partial charge in [-0.25, -0.2) is 18.4 Å². The van der Waals surface area contributed by atoms with Crippen molar-refractivity contribution in [3.8, 4) is 22.2 Å². The van der Waals surface area contributed by atoms with Crippen molar-refractivity contribution in [2.75, 3.05) is 13.3 Å². The first-order chi connectivity index (χ1) is 17.5. The monoisotopic (exact) mass is 560 g/mol. The number of fused-ring (bicyclic) bond motifs is 1. The second kappa shape index (κ2) is 9.43. The third-order valence-corrected chi connectivity index (χ3v) is 8.49.